The lowest BCUT2D eigenvalue weighted by Gasteiger charge is -2.26. The molecule has 2 atom stereocenters. The maximum Gasteiger partial charge on any atom is 0.327 e. The zero-order valence-corrected chi connectivity index (χ0v) is 17.6. The smallest absolute Gasteiger partial charge is 0.327 e. The Kier molecular flexibility index (Phi) is 11.4. The topological polar surface area (TPSA) is 52.6 Å². The lowest BCUT2D eigenvalue weighted by molar-refractivity contribution is -0.147. The third kappa shape index (κ3) is 8.00. The number of halogens is 2. The van der Waals surface area contributed by atoms with Gasteiger partial charge in [-0.25, -0.2) is 0 Å². The van der Waals surface area contributed by atoms with Crippen LogP contribution < -0.4 is 0 Å². The van der Waals surface area contributed by atoms with Crippen LogP contribution in [0.5, 0.6) is 0 Å². The third-order valence-electron chi connectivity index (χ3n) is 3.91. The molecule has 0 radical (unpaired) electrons. The second kappa shape index (κ2) is 11.8. The first-order valence-electron chi connectivity index (χ1n) is 9.06. The second-order valence-corrected chi connectivity index (χ2v) is 7.75. The Morgan fingerprint density at radius 2 is 1.32 bits per heavy atom. The molecular weight excluding hydrogens is 363 g/mol. The van der Waals surface area contributed by atoms with Crippen molar-refractivity contribution in [3.8, 4) is 0 Å². The summed E-state index contributed by atoms with van der Waals surface area (Å²) in [5.41, 5.74) is 0.905. The molecular formula is C19H32Cl2O4. The van der Waals surface area contributed by atoms with Gasteiger partial charge in [-0.3, -0.25) is 9.59 Å². The Hall–Kier alpha value is -0.740. The fourth-order valence-corrected chi connectivity index (χ4v) is 3.49. The molecule has 0 aromatic heterocycles. The van der Waals surface area contributed by atoms with Crippen molar-refractivity contribution in [3.63, 3.8) is 0 Å². The normalized spacial score (nSPS) is 16.7. The van der Waals surface area contributed by atoms with Gasteiger partial charge in [0, 0.05) is 0 Å². The highest BCUT2D eigenvalue weighted by atomic mass is 35.5. The van der Waals surface area contributed by atoms with Crippen LogP contribution in [0.2, 0.25) is 0 Å². The van der Waals surface area contributed by atoms with Gasteiger partial charge in [0.15, 0.2) is 0 Å². The first-order chi connectivity index (χ1) is 11.7. The van der Waals surface area contributed by atoms with Crippen LogP contribution in [0.15, 0.2) is 11.6 Å². The molecule has 0 spiro atoms. The van der Waals surface area contributed by atoms with E-state index in [1.165, 1.54) is 0 Å². The van der Waals surface area contributed by atoms with Crippen LogP contribution in [0.3, 0.4) is 0 Å². The zero-order valence-electron chi connectivity index (χ0n) is 16.1. The van der Waals surface area contributed by atoms with E-state index in [0.29, 0.717) is 38.9 Å². The number of esters is 2. The predicted octanol–water partition coefficient (Wildman–Crippen LogP) is 5.39. The highest BCUT2D eigenvalue weighted by Gasteiger charge is 2.38. The van der Waals surface area contributed by atoms with Crippen molar-refractivity contribution in [2.75, 3.05) is 13.2 Å². The lowest BCUT2D eigenvalue weighted by atomic mass is 9.92. The SMILES string of the molecule is CCCC(Cl)(CC=C(C)CC(Cl)(CCC)C(=O)OCC)C(=O)OCC. The Bertz CT molecular complexity index is 464. The molecule has 25 heavy (non-hydrogen) atoms. The van der Waals surface area contributed by atoms with Gasteiger partial charge in [-0.05, 0) is 46.5 Å². The molecule has 0 rings (SSSR count). The molecule has 0 aromatic carbocycles. The standard InChI is InChI=1S/C19H32Cl2O4/c1-6-11-18(20,16(22)24-8-3)13-10-15(5)14-19(21,12-7-2)17(23)25-9-4/h10H,6-9,11-14H2,1-5H3. The number of alkyl halides is 2. The summed E-state index contributed by atoms with van der Waals surface area (Å²) < 4.78 is 10.2. The monoisotopic (exact) mass is 394 g/mol. The minimum absolute atomic E-state index is 0.295. The van der Waals surface area contributed by atoms with Crippen LogP contribution in [-0.4, -0.2) is 34.9 Å². The number of carbonyl (C=O) groups is 2. The molecule has 0 heterocycles. The summed E-state index contributed by atoms with van der Waals surface area (Å²) in [4.78, 5) is 22.2. The average molecular weight is 395 g/mol. The van der Waals surface area contributed by atoms with Crippen molar-refractivity contribution in [3.05, 3.63) is 11.6 Å². The number of hydrogen-bond donors (Lipinski definition) is 0. The Morgan fingerprint density at radius 1 is 0.880 bits per heavy atom. The summed E-state index contributed by atoms with van der Waals surface area (Å²) in [5.74, 6) is -0.805. The highest BCUT2D eigenvalue weighted by molar-refractivity contribution is 6.34. The number of allylic oxidation sites excluding steroid dienone is 2. The molecule has 0 fully saturated rings. The van der Waals surface area contributed by atoms with E-state index >= 15 is 0 Å². The van der Waals surface area contributed by atoms with Crippen molar-refractivity contribution >= 4 is 35.1 Å². The van der Waals surface area contributed by atoms with Crippen LogP contribution in [0.25, 0.3) is 0 Å². The molecule has 0 aliphatic carbocycles. The lowest BCUT2D eigenvalue weighted by Crippen LogP contribution is -2.35. The first kappa shape index (κ1) is 24.3. The van der Waals surface area contributed by atoms with E-state index in [1.54, 1.807) is 13.8 Å². The van der Waals surface area contributed by atoms with Gasteiger partial charge >= 0.3 is 11.9 Å². The summed E-state index contributed by atoms with van der Waals surface area (Å²) in [6, 6.07) is 0. The molecule has 0 amide bonds. The summed E-state index contributed by atoms with van der Waals surface area (Å²) in [6.07, 6.45) is 5.18. The van der Waals surface area contributed by atoms with Crippen LogP contribution in [0, 0.1) is 0 Å². The van der Waals surface area contributed by atoms with E-state index in [-0.39, 0.29) is 0 Å². The number of rotatable bonds is 12. The fourth-order valence-electron chi connectivity index (χ4n) is 2.71. The minimum atomic E-state index is -1.07. The molecule has 0 aromatic rings. The first-order valence-corrected chi connectivity index (χ1v) is 9.82. The molecule has 0 saturated carbocycles. The molecule has 0 aliphatic rings. The molecule has 0 bridgehead atoms. The summed E-state index contributed by atoms with van der Waals surface area (Å²) in [5, 5.41) is 0. The van der Waals surface area contributed by atoms with Gasteiger partial charge in [-0.15, -0.1) is 23.2 Å². The van der Waals surface area contributed by atoms with Crippen molar-refractivity contribution in [1.82, 2.24) is 0 Å². The van der Waals surface area contributed by atoms with Gasteiger partial charge in [-0.2, -0.15) is 0 Å². The van der Waals surface area contributed by atoms with E-state index in [4.69, 9.17) is 32.7 Å². The summed E-state index contributed by atoms with van der Waals surface area (Å²) >= 11 is 13.1. The average Bonchev–Trinajstić information content (AvgIpc) is 2.54. The molecule has 4 nitrogen and oxygen atoms in total. The third-order valence-corrected chi connectivity index (χ3v) is 4.88. The largest absolute Gasteiger partial charge is 0.465 e. The van der Waals surface area contributed by atoms with Crippen molar-refractivity contribution in [1.29, 1.82) is 0 Å². The molecule has 6 heteroatoms. The van der Waals surface area contributed by atoms with E-state index in [1.807, 2.05) is 26.8 Å². The quantitative estimate of drug-likeness (QED) is 0.252. The van der Waals surface area contributed by atoms with Gasteiger partial charge in [0.05, 0.1) is 13.2 Å². The van der Waals surface area contributed by atoms with Gasteiger partial charge in [0.2, 0.25) is 0 Å². The molecule has 0 saturated heterocycles. The molecule has 146 valence electrons. The van der Waals surface area contributed by atoms with Gasteiger partial charge in [-0.1, -0.05) is 38.3 Å². The van der Waals surface area contributed by atoms with E-state index < -0.39 is 21.7 Å². The number of hydrogen-bond acceptors (Lipinski definition) is 4. The predicted molar refractivity (Wildman–Crippen MR) is 103 cm³/mol. The van der Waals surface area contributed by atoms with Crippen molar-refractivity contribution < 1.29 is 19.1 Å². The molecule has 0 N–H and O–H groups in total. The van der Waals surface area contributed by atoms with E-state index in [0.717, 1.165) is 18.4 Å². The summed E-state index contributed by atoms with van der Waals surface area (Å²) in [6.45, 7) is 9.94. The molecule has 0 aliphatic heterocycles. The van der Waals surface area contributed by atoms with Crippen LogP contribution in [0.4, 0.5) is 0 Å². The Balaban J connectivity index is 5.18. The Morgan fingerprint density at radius 3 is 1.76 bits per heavy atom. The van der Waals surface area contributed by atoms with Crippen LogP contribution in [0.1, 0.15) is 73.1 Å². The van der Waals surface area contributed by atoms with Crippen LogP contribution in [-0.2, 0) is 19.1 Å². The number of ether oxygens (including phenoxy) is 2. The van der Waals surface area contributed by atoms with Crippen LogP contribution >= 0.6 is 23.2 Å². The van der Waals surface area contributed by atoms with Gasteiger partial charge < -0.3 is 9.47 Å². The fraction of sp³-hybridized carbons (Fsp3) is 0.789. The summed E-state index contributed by atoms with van der Waals surface area (Å²) in [7, 11) is 0. The second-order valence-electron chi connectivity index (χ2n) is 6.30. The maximum absolute atomic E-state index is 12.2. The molecule has 2 unspecified atom stereocenters. The number of carbonyl (C=O) groups excluding carboxylic acids is 2. The van der Waals surface area contributed by atoms with E-state index in [2.05, 4.69) is 0 Å². The minimum Gasteiger partial charge on any atom is -0.465 e. The zero-order chi connectivity index (χ0) is 19.5. The van der Waals surface area contributed by atoms with Crippen molar-refractivity contribution in [2.24, 2.45) is 0 Å². The Labute approximate surface area is 162 Å². The van der Waals surface area contributed by atoms with Crippen molar-refractivity contribution in [2.45, 2.75) is 82.9 Å². The van der Waals surface area contributed by atoms with Gasteiger partial charge in [0.25, 0.3) is 0 Å². The highest BCUT2D eigenvalue weighted by Crippen LogP contribution is 2.33. The maximum atomic E-state index is 12.2. The van der Waals surface area contributed by atoms with Gasteiger partial charge in [0.1, 0.15) is 9.75 Å². The van der Waals surface area contributed by atoms with E-state index in [9.17, 15) is 9.59 Å².